The molecule has 106 valence electrons. The number of aryl methyl sites for hydroxylation is 1. The van der Waals surface area contributed by atoms with E-state index in [-0.39, 0.29) is 0 Å². The monoisotopic (exact) mass is 349 g/mol. The first-order valence-electron chi connectivity index (χ1n) is 7.33. The molecule has 3 rings (SSSR count). The summed E-state index contributed by atoms with van der Waals surface area (Å²) in [6.07, 6.45) is 5.09. The second-order valence-corrected chi connectivity index (χ2v) is 7.38. The molecule has 0 spiro atoms. The Balaban J connectivity index is 1.63. The zero-order valence-corrected chi connectivity index (χ0v) is 13.9. The highest BCUT2D eigenvalue weighted by atomic mass is 79.9. The first-order valence-corrected chi connectivity index (χ1v) is 9.00. The van der Waals surface area contributed by atoms with Crippen molar-refractivity contribution in [2.75, 3.05) is 6.54 Å². The lowest BCUT2D eigenvalue weighted by molar-refractivity contribution is 0.549. The Morgan fingerprint density at radius 3 is 2.65 bits per heavy atom. The molecular weight excluding hydrogens is 330 g/mol. The van der Waals surface area contributed by atoms with E-state index in [1.165, 1.54) is 34.2 Å². The molecule has 1 aliphatic rings. The first-order chi connectivity index (χ1) is 9.83. The molecule has 1 saturated carbocycles. The number of benzene rings is 1. The Hall–Kier alpha value is -0.640. The van der Waals surface area contributed by atoms with Gasteiger partial charge in [0.25, 0.3) is 0 Å². The molecule has 1 aliphatic carbocycles. The highest BCUT2D eigenvalue weighted by Gasteiger charge is 2.22. The summed E-state index contributed by atoms with van der Waals surface area (Å²) in [5, 5.41) is 5.86. The van der Waals surface area contributed by atoms with Gasteiger partial charge in [-0.2, -0.15) is 0 Å². The molecule has 1 atom stereocenters. The van der Waals surface area contributed by atoms with Crippen LogP contribution in [0.1, 0.15) is 35.6 Å². The van der Waals surface area contributed by atoms with Crippen LogP contribution in [-0.2, 0) is 6.42 Å². The van der Waals surface area contributed by atoms with Gasteiger partial charge in [-0.25, -0.2) is 0 Å². The van der Waals surface area contributed by atoms with Gasteiger partial charge in [0.2, 0.25) is 0 Å². The first kappa shape index (κ1) is 14.3. The van der Waals surface area contributed by atoms with Gasteiger partial charge >= 0.3 is 0 Å². The summed E-state index contributed by atoms with van der Waals surface area (Å²) in [4.78, 5) is 1.47. The zero-order valence-electron chi connectivity index (χ0n) is 11.5. The van der Waals surface area contributed by atoms with Gasteiger partial charge in [0, 0.05) is 21.9 Å². The lowest BCUT2D eigenvalue weighted by atomic mass is 9.94. The van der Waals surface area contributed by atoms with Gasteiger partial charge in [0.1, 0.15) is 0 Å². The van der Waals surface area contributed by atoms with Gasteiger partial charge in [0.05, 0.1) is 0 Å². The quantitative estimate of drug-likeness (QED) is 0.743. The summed E-state index contributed by atoms with van der Waals surface area (Å²) in [6, 6.07) is 13.9. The summed E-state index contributed by atoms with van der Waals surface area (Å²) in [5.41, 5.74) is 1.47. The molecule has 1 aromatic carbocycles. The Labute approximate surface area is 133 Å². The minimum Gasteiger partial charge on any atom is -0.313 e. The molecule has 0 bridgehead atoms. The van der Waals surface area contributed by atoms with Gasteiger partial charge in [-0.1, -0.05) is 30.3 Å². The number of halogens is 1. The topological polar surface area (TPSA) is 12.0 Å². The summed E-state index contributed by atoms with van der Waals surface area (Å²) in [5.74, 6) is 0.616. The molecule has 2 aromatic rings. The lowest BCUT2D eigenvalue weighted by Gasteiger charge is -2.18. The molecule has 1 nitrogen and oxygen atoms in total. The van der Waals surface area contributed by atoms with E-state index in [9.17, 15) is 0 Å². The number of hydrogen-bond acceptors (Lipinski definition) is 2. The predicted octanol–water partition coefficient (Wildman–Crippen LogP) is 4.98. The highest BCUT2D eigenvalue weighted by molar-refractivity contribution is 9.10. The van der Waals surface area contributed by atoms with E-state index < -0.39 is 0 Å². The third-order valence-corrected chi connectivity index (χ3v) is 5.90. The molecule has 1 aromatic heterocycles. The van der Waals surface area contributed by atoms with E-state index in [0.29, 0.717) is 5.92 Å². The Morgan fingerprint density at radius 1 is 1.20 bits per heavy atom. The molecule has 3 heteroatoms. The van der Waals surface area contributed by atoms with E-state index in [2.05, 4.69) is 63.0 Å². The minimum atomic E-state index is 0.616. The second-order valence-electron chi connectivity index (χ2n) is 5.52. The zero-order chi connectivity index (χ0) is 13.8. The van der Waals surface area contributed by atoms with Gasteiger partial charge in [-0.15, -0.1) is 11.3 Å². The largest absolute Gasteiger partial charge is 0.313 e. The smallest absolute Gasteiger partial charge is 0.0314 e. The van der Waals surface area contributed by atoms with Crippen molar-refractivity contribution in [3.8, 4) is 0 Å². The van der Waals surface area contributed by atoms with E-state index in [0.717, 1.165) is 19.0 Å². The predicted molar refractivity (Wildman–Crippen MR) is 90.5 cm³/mol. The van der Waals surface area contributed by atoms with Crippen molar-refractivity contribution < 1.29 is 0 Å². The third-order valence-electron chi connectivity index (χ3n) is 3.91. The van der Waals surface area contributed by atoms with E-state index in [4.69, 9.17) is 0 Å². The average Bonchev–Trinajstić information content (AvgIpc) is 3.22. The fraction of sp³-hybridized carbons (Fsp3) is 0.412. The lowest BCUT2D eigenvalue weighted by Crippen LogP contribution is -2.23. The fourth-order valence-corrected chi connectivity index (χ4v) is 4.09. The van der Waals surface area contributed by atoms with Crippen LogP contribution in [0.5, 0.6) is 0 Å². The molecule has 0 amide bonds. The molecule has 1 N–H and O–H groups in total. The van der Waals surface area contributed by atoms with Crippen molar-refractivity contribution in [3.63, 3.8) is 0 Å². The Kier molecular flexibility index (Phi) is 4.92. The molecule has 20 heavy (non-hydrogen) atoms. The van der Waals surface area contributed by atoms with Crippen molar-refractivity contribution in [1.82, 2.24) is 5.32 Å². The van der Waals surface area contributed by atoms with Crippen LogP contribution in [0, 0.1) is 0 Å². The molecule has 0 radical (unpaired) electrons. The minimum absolute atomic E-state index is 0.616. The number of thiophene rings is 1. The van der Waals surface area contributed by atoms with Crippen molar-refractivity contribution >= 4 is 27.3 Å². The van der Waals surface area contributed by atoms with Gasteiger partial charge in [-0.05, 0) is 64.5 Å². The molecule has 1 heterocycles. The van der Waals surface area contributed by atoms with Crippen molar-refractivity contribution in [2.24, 2.45) is 0 Å². The van der Waals surface area contributed by atoms with Crippen LogP contribution in [0.15, 0.2) is 46.3 Å². The molecule has 0 aliphatic heterocycles. The van der Waals surface area contributed by atoms with Crippen LogP contribution < -0.4 is 5.32 Å². The van der Waals surface area contributed by atoms with Gasteiger partial charge in [0.15, 0.2) is 0 Å². The van der Waals surface area contributed by atoms with E-state index >= 15 is 0 Å². The Morgan fingerprint density at radius 2 is 2.00 bits per heavy atom. The molecule has 0 saturated heterocycles. The van der Waals surface area contributed by atoms with Crippen molar-refractivity contribution in [2.45, 2.75) is 37.6 Å². The van der Waals surface area contributed by atoms with Crippen molar-refractivity contribution in [3.05, 3.63) is 56.7 Å². The normalized spacial score (nSPS) is 16.2. The summed E-state index contributed by atoms with van der Waals surface area (Å²) >= 11 is 5.50. The summed E-state index contributed by atoms with van der Waals surface area (Å²) in [7, 11) is 0. The van der Waals surface area contributed by atoms with Gasteiger partial charge in [-0.3, -0.25) is 0 Å². The van der Waals surface area contributed by atoms with Crippen LogP contribution in [0.3, 0.4) is 0 Å². The SMILES string of the molecule is Brc1ccsc1CCC(CNC1CC1)c1ccccc1. The fourth-order valence-electron chi connectivity index (χ4n) is 2.52. The third kappa shape index (κ3) is 3.94. The molecular formula is C17H20BrNS. The van der Waals surface area contributed by atoms with Crippen molar-refractivity contribution in [1.29, 1.82) is 0 Å². The van der Waals surface area contributed by atoms with E-state index in [1.807, 2.05) is 11.3 Å². The van der Waals surface area contributed by atoms with Crippen LogP contribution in [0.4, 0.5) is 0 Å². The number of hydrogen-bond donors (Lipinski definition) is 1. The maximum absolute atomic E-state index is 3.69. The number of rotatable bonds is 7. The maximum atomic E-state index is 3.69. The second kappa shape index (κ2) is 6.88. The van der Waals surface area contributed by atoms with E-state index in [1.54, 1.807) is 0 Å². The molecule has 1 unspecified atom stereocenters. The number of nitrogens with one attached hydrogen (secondary N) is 1. The van der Waals surface area contributed by atoms with Gasteiger partial charge < -0.3 is 5.32 Å². The summed E-state index contributed by atoms with van der Waals surface area (Å²) < 4.78 is 1.27. The van der Waals surface area contributed by atoms with Crippen LogP contribution in [0.2, 0.25) is 0 Å². The van der Waals surface area contributed by atoms with Crippen LogP contribution in [-0.4, -0.2) is 12.6 Å². The van der Waals surface area contributed by atoms with Crippen LogP contribution >= 0.6 is 27.3 Å². The average molecular weight is 350 g/mol. The Bertz CT molecular complexity index is 533. The molecule has 1 fully saturated rings. The standard InChI is InChI=1S/C17H20BrNS/c18-16-10-11-20-17(16)9-6-14(12-19-15-7-8-15)13-4-2-1-3-5-13/h1-5,10-11,14-15,19H,6-9,12H2. The summed E-state index contributed by atoms with van der Waals surface area (Å²) in [6.45, 7) is 1.11. The highest BCUT2D eigenvalue weighted by Crippen LogP contribution is 2.29. The van der Waals surface area contributed by atoms with Crippen LogP contribution in [0.25, 0.3) is 0 Å². The maximum Gasteiger partial charge on any atom is 0.0314 e.